The second kappa shape index (κ2) is 5.98. The zero-order valence-corrected chi connectivity index (χ0v) is 11.8. The minimum atomic E-state index is -0.0973. The van der Waals surface area contributed by atoms with Crippen LogP contribution in [0.1, 0.15) is 29.7 Å². The Morgan fingerprint density at radius 3 is 3.11 bits per heavy atom. The zero-order chi connectivity index (χ0) is 13.8. The topological polar surface area (TPSA) is 57.0 Å². The van der Waals surface area contributed by atoms with Crippen LogP contribution in [-0.2, 0) is 11.3 Å². The van der Waals surface area contributed by atoms with Crippen molar-refractivity contribution in [2.45, 2.75) is 38.8 Å². The number of nitriles is 1. The summed E-state index contributed by atoms with van der Waals surface area (Å²) in [6.07, 6.45) is 5.93. The summed E-state index contributed by atoms with van der Waals surface area (Å²) in [5.41, 5.74) is 1.10. The first kappa shape index (κ1) is 13.8. The molecular weight excluding hydrogens is 258 g/mol. The van der Waals surface area contributed by atoms with Crippen LogP contribution in [0.3, 0.4) is 0 Å². The van der Waals surface area contributed by atoms with Crippen molar-refractivity contribution in [1.29, 1.82) is 5.26 Å². The lowest BCUT2D eigenvalue weighted by molar-refractivity contribution is -0.129. The summed E-state index contributed by atoms with van der Waals surface area (Å²) in [5.74, 6) is -0.155. The largest absolute Gasteiger partial charge is 0.330 e. The highest BCUT2D eigenvalue weighted by Crippen LogP contribution is 2.31. The molecule has 1 aliphatic carbocycles. The minimum absolute atomic E-state index is 0.0111. The molecule has 2 unspecified atom stereocenters. The number of carbonyl (C=O) groups is 1. The second-order valence-corrected chi connectivity index (χ2v) is 5.72. The van der Waals surface area contributed by atoms with Crippen molar-refractivity contribution in [1.82, 2.24) is 9.27 Å². The Balaban J connectivity index is 2.22. The predicted molar refractivity (Wildman–Crippen MR) is 74.3 cm³/mol. The van der Waals surface area contributed by atoms with Crippen molar-refractivity contribution in [3.05, 3.63) is 29.3 Å². The number of hydrogen-bond donors (Lipinski definition) is 0. The van der Waals surface area contributed by atoms with E-state index in [0.717, 1.165) is 29.7 Å². The maximum absolute atomic E-state index is 12.1. The van der Waals surface area contributed by atoms with Gasteiger partial charge in [-0.2, -0.15) is 5.26 Å². The molecule has 1 aromatic rings. The lowest BCUT2D eigenvalue weighted by Gasteiger charge is -2.29. The van der Waals surface area contributed by atoms with Gasteiger partial charge in [0.2, 0.25) is 5.91 Å². The van der Waals surface area contributed by atoms with Crippen molar-refractivity contribution >= 4 is 17.4 Å². The van der Waals surface area contributed by atoms with E-state index in [9.17, 15) is 10.1 Å². The maximum atomic E-state index is 12.1. The number of hydrogen-bond acceptors (Lipinski definition) is 4. The average molecular weight is 275 g/mol. The van der Waals surface area contributed by atoms with Crippen molar-refractivity contribution in [3.8, 4) is 6.07 Å². The molecule has 100 valence electrons. The molecule has 0 aromatic carbocycles. The van der Waals surface area contributed by atoms with Gasteiger partial charge >= 0.3 is 0 Å². The van der Waals surface area contributed by atoms with E-state index in [-0.39, 0.29) is 17.9 Å². The minimum Gasteiger partial charge on any atom is -0.330 e. The Labute approximate surface area is 117 Å². The first-order valence-corrected chi connectivity index (χ1v) is 7.17. The smallest absolute Gasteiger partial charge is 0.246 e. The molecule has 1 aliphatic rings. The van der Waals surface area contributed by atoms with Gasteiger partial charge in [-0.3, -0.25) is 4.79 Å². The molecule has 0 radical (unpaired) electrons. The van der Waals surface area contributed by atoms with Gasteiger partial charge in [0.15, 0.2) is 0 Å². The highest BCUT2D eigenvalue weighted by atomic mass is 32.1. The number of aromatic nitrogens is 1. The van der Waals surface area contributed by atoms with E-state index in [1.807, 2.05) is 13.1 Å². The number of amides is 1. The van der Waals surface area contributed by atoms with Gasteiger partial charge in [-0.25, -0.2) is 4.37 Å². The van der Waals surface area contributed by atoms with E-state index >= 15 is 0 Å². The number of aryl methyl sites for hydroxylation is 1. The molecule has 0 bridgehead atoms. The van der Waals surface area contributed by atoms with Crippen LogP contribution in [0.5, 0.6) is 0 Å². The van der Waals surface area contributed by atoms with Gasteiger partial charge in [0.25, 0.3) is 0 Å². The third kappa shape index (κ3) is 2.85. The van der Waals surface area contributed by atoms with Gasteiger partial charge in [0.05, 0.1) is 18.5 Å². The van der Waals surface area contributed by atoms with Crippen molar-refractivity contribution in [2.75, 3.05) is 0 Å². The van der Waals surface area contributed by atoms with E-state index in [1.54, 1.807) is 4.90 Å². The first-order valence-electron chi connectivity index (χ1n) is 6.40. The number of rotatable bonds is 4. The van der Waals surface area contributed by atoms with Gasteiger partial charge in [0, 0.05) is 17.1 Å². The van der Waals surface area contributed by atoms with Crippen LogP contribution in [0.15, 0.2) is 18.9 Å². The molecule has 1 fully saturated rings. The van der Waals surface area contributed by atoms with Crippen LogP contribution in [0.4, 0.5) is 0 Å². The summed E-state index contributed by atoms with van der Waals surface area (Å²) >= 11 is 1.41. The van der Waals surface area contributed by atoms with Crippen LogP contribution < -0.4 is 0 Å². The summed E-state index contributed by atoms with van der Waals surface area (Å²) in [4.78, 5) is 14.9. The SMILES string of the molecule is C=CC(=O)N(Cc1sncc1C)C1CCCC1C#N. The van der Waals surface area contributed by atoms with Crippen molar-refractivity contribution < 1.29 is 4.79 Å². The third-order valence-electron chi connectivity index (χ3n) is 3.67. The molecule has 0 spiro atoms. The average Bonchev–Trinajstić information content (AvgIpc) is 3.03. The monoisotopic (exact) mass is 275 g/mol. The standard InChI is InChI=1S/C14H17N3OS/c1-3-14(18)17(9-13-10(2)8-16-19-13)12-6-4-5-11(12)7-15/h3,8,11-12H,1,4-6,9H2,2H3. The summed E-state index contributed by atoms with van der Waals surface area (Å²) in [6, 6.07) is 2.34. The Morgan fingerprint density at radius 1 is 1.74 bits per heavy atom. The van der Waals surface area contributed by atoms with E-state index in [4.69, 9.17) is 0 Å². The van der Waals surface area contributed by atoms with Gasteiger partial charge in [-0.05, 0) is 49.4 Å². The van der Waals surface area contributed by atoms with Gasteiger partial charge in [-0.1, -0.05) is 6.58 Å². The molecule has 4 nitrogen and oxygen atoms in total. The predicted octanol–water partition coefficient (Wildman–Crippen LogP) is 2.66. The fourth-order valence-electron chi connectivity index (χ4n) is 2.56. The normalized spacial score (nSPS) is 21.9. The molecule has 2 atom stereocenters. The molecule has 5 heteroatoms. The van der Waals surface area contributed by atoms with Gasteiger partial charge < -0.3 is 4.90 Å². The zero-order valence-electron chi connectivity index (χ0n) is 11.0. The van der Waals surface area contributed by atoms with E-state index < -0.39 is 0 Å². The molecule has 1 heterocycles. The van der Waals surface area contributed by atoms with Gasteiger partial charge in [-0.15, -0.1) is 0 Å². The summed E-state index contributed by atoms with van der Waals surface area (Å²) < 4.78 is 4.14. The molecule has 1 saturated carbocycles. The summed E-state index contributed by atoms with van der Waals surface area (Å²) in [5, 5.41) is 9.20. The summed E-state index contributed by atoms with van der Waals surface area (Å²) in [6.45, 7) is 6.09. The molecule has 19 heavy (non-hydrogen) atoms. The molecule has 1 amide bonds. The van der Waals surface area contributed by atoms with Crippen LogP contribution in [-0.4, -0.2) is 21.2 Å². The van der Waals surface area contributed by atoms with Crippen molar-refractivity contribution in [3.63, 3.8) is 0 Å². The Morgan fingerprint density at radius 2 is 2.53 bits per heavy atom. The Hall–Kier alpha value is -1.67. The molecule has 1 aromatic heterocycles. The van der Waals surface area contributed by atoms with Crippen LogP contribution >= 0.6 is 11.5 Å². The van der Waals surface area contributed by atoms with E-state index in [0.29, 0.717) is 6.54 Å². The highest BCUT2D eigenvalue weighted by Gasteiger charge is 2.34. The van der Waals surface area contributed by atoms with Crippen molar-refractivity contribution in [2.24, 2.45) is 5.92 Å². The molecule has 0 aliphatic heterocycles. The van der Waals surface area contributed by atoms with E-state index in [2.05, 4.69) is 17.0 Å². The molecular formula is C14H17N3OS. The van der Waals surface area contributed by atoms with Gasteiger partial charge in [0.1, 0.15) is 0 Å². The quantitative estimate of drug-likeness (QED) is 0.794. The van der Waals surface area contributed by atoms with Crippen LogP contribution in [0, 0.1) is 24.2 Å². The number of carbonyl (C=O) groups excluding carboxylic acids is 1. The van der Waals surface area contributed by atoms with Crippen LogP contribution in [0.25, 0.3) is 0 Å². The second-order valence-electron chi connectivity index (χ2n) is 4.84. The molecule has 0 N–H and O–H groups in total. The summed E-state index contributed by atoms with van der Waals surface area (Å²) in [7, 11) is 0. The fraction of sp³-hybridized carbons (Fsp3) is 0.500. The first-order chi connectivity index (χ1) is 9.17. The molecule has 2 rings (SSSR count). The third-order valence-corrected chi connectivity index (χ3v) is 4.55. The highest BCUT2D eigenvalue weighted by molar-refractivity contribution is 7.05. The van der Waals surface area contributed by atoms with E-state index in [1.165, 1.54) is 17.6 Å². The maximum Gasteiger partial charge on any atom is 0.246 e. The molecule has 0 saturated heterocycles. The fourth-order valence-corrected chi connectivity index (χ4v) is 3.29. The Bertz CT molecular complexity index is 517. The Kier molecular flexibility index (Phi) is 4.33. The number of nitrogens with zero attached hydrogens (tertiary/aromatic N) is 3. The lowest BCUT2D eigenvalue weighted by Crippen LogP contribution is -2.40. The lowest BCUT2D eigenvalue weighted by atomic mass is 10.0. The van der Waals surface area contributed by atoms with Crippen LogP contribution in [0.2, 0.25) is 0 Å².